The molecule has 0 aliphatic carbocycles. The largest absolute Gasteiger partial charge is 0.294 e. The SMILES string of the molecule is Cc1cccc(-n2ncc3c(=O)n(Cc4cccc(Cl)c4)cnc32)c1C. The van der Waals surface area contributed by atoms with Crippen LogP contribution in [0.3, 0.4) is 0 Å². The molecular formula is C20H17ClN4O. The maximum atomic E-state index is 12.9. The summed E-state index contributed by atoms with van der Waals surface area (Å²) < 4.78 is 3.30. The van der Waals surface area contributed by atoms with E-state index in [4.69, 9.17) is 11.6 Å². The summed E-state index contributed by atoms with van der Waals surface area (Å²) in [5.74, 6) is 0. The number of fused-ring (bicyclic) bond motifs is 1. The molecule has 4 aromatic rings. The normalized spacial score (nSPS) is 11.2. The molecule has 0 aliphatic rings. The molecule has 0 fully saturated rings. The number of nitrogens with zero attached hydrogens (tertiary/aromatic N) is 4. The second kappa shape index (κ2) is 6.42. The zero-order valence-corrected chi connectivity index (χ0v) is 15.2. The molecule has 0 unspecified atom stereocenters. The quantitative estimate of drug-likeness (QED) is 0.554. The van der Waals surface area contributed by atoms with Crippen LogP contribution in [0.5, 0.6) is 0 Å². The maximum Gasteiger partial charge on any atom is 0.264 e. The van der Waals surface area contributed by atoms with E-state index >= 15 is 0 Å². The van der Waals surface area contributed by atoms with Gasteiger partial charge in [-0.1, -0.05) is 35.9 Å². The van der Waals surface area contributed by atoms with E-state index in [-0.39, 0.29) is 5.56 Å². The van der Waals surface area contributed by atoms with Crippen molar-refractivity contribution >= 4 is 22.6 Å². The second-order valence-electron chi connectivity index (χ2n) is 6.32. The first-order valence-corrected chi connectivity index (χ1v) is 8.66. The minimum atomic E-state index is -0.119. The van der Waals surface area contributed by atoms with Gasteiger partial charge < -0.3 is 0 Å². The Labute approximate surface area is 155 Å². The Morgan fingerprint density at radius 1 is 1.12 bits per heavy atom. The van der Waals surface area contributed by atoms with Gasteiger partial charge in [0.1, 0.15) is 11.7 Å². The third-order valence-electron chi connectivity index (χ3n) is 4.60. The van der Waals surface area contributed by atoms with Gasteiger partial charge in [-0.25, -0.2) is 9.67 Å². The molecule has 0 spiro atoms. The summed E-state index contributed by atoms with van der Waals surface area (Å²) in [7, 11) is 0. The average Bonchev–Trinajstić information content (AvgIpc) is 3.04. The van der Waals surface area contributed by atoms with E-state index in [0.29, 0.717) is 22.6 Å². The van der Waals surface area contributed by atoms with E-state index in [1.165, 1.54) is 5.56 Å². The number of benzene rings is 2. The van der Waals surface area contributed by atoms with E-state index in [2.05, 4.69) is 23.1 Å². The molecule has 0 saturated carbocycles. The summed E-state index contributed by atoms with van der Waals surface area (Å²) in [5.41, 5.74) is 4.60. The van der Waals surface area contributed by atoms with Gasteiger partial charge in [-0.3, -0.25) is 9.36 Å². The fourth-order valence-electron chi connectivity index (χ4n) is 3.03. The van der Waals surface area contributed by atoms with Gasteiger partial charge in [-0.2, -0.15) is 5.10 Å². The van der Waals surface area contributed by atoms with Crippen molar-refractivity contribution in [2.75, 3.05) is 0 Å². The van der Waals surface area contributed by atoms with E-state index < -0.39 is 0 Å². The predicted molar refractivity (Wildman–Crippen MR) is 103 cm³/mol. The van der Waals surface area contributed by atoms with Gasteiger partial charge in [-0.05, 0) is 48.7 Å². The zero-order valence-electron chi connectivity index (χ0n) is 14.5. The molecule has 0 radical (unpaired) electrons. The number of aryl methyl sites for hydroxylation is 1. The fraction of sp³-hybridized carbons (Fsp3) is 0.150. The lowest BCUT2D eigenvalue weighted by Gasteiger charge is -2.10. The maximum absolute atomic E-state index is 12.9. The molecule has 130 valence electrons. The van der Waals surface area contributed by atoms with E-state index in [9.17, 15) is 4.79 Å². The fourth-order valence-corrected chi connectivity index (χ4v) is 3.25. The molecule has 5 nitrogen and oxygen atoms in total. The van der Waals surface area contributed by atoms with Crippen molar-refractivity contribution in [3.8, 4) is 5.69 Å². The number of hydrogen-bond donors (Lipinski definition) is 0. The number of rotatable bonds is 3. The highest BCUT2D eigenvalue weighted by molar-refractivity contribution is 6.30. The molecule has 26 heavy (non-hydrogen) atoms. The van der Waals surface area contributed by atoms with Crippen LogP contribution in [0.1, 0.15) is 16.7 Å². The van der Waals surface area contributed by atoms with Crippen LogP contribution in [0, 0.1) is 13.8 Å². The van der Waals surface area contributed by atoms with E-state index in [1.54, 1.807) is 21.8 Å². The Kier molecular flexibility index (Phi) is 4.09. The lowest BCUT2D eigenvalue weighted by atomic mass is 10.1. The average molecular weight is 365 g/mol. The highest BCUT2D eigenvalue weighted by Crippen LogP contribution is 2.20. The molecule has 0 amide bonds. The third-order valence-corrected chi connectivity index (χ3v) is 4.84. The van der Waals surface area contributed by atoms with Gasteiger partial charge in [0.05, 0.1) is 18.4 Å². The monoisotopic (exact) mass is 364 g/mol. The molecule has 2 aromatic heterocycles. The first kappa shape index (κ1) is 16.5. The number of aromatic nitrogens is 4. The van der Waals surface area contributed by atoms with Crippen LogP contribution in [0.15, 0.2) is 59.8 Å². The number of halogens is 1. The molecule has 2 heterocycles. The minimum Gasteiger partial charge on any atom is -0.294 e. The van der Waals surface area contributed by atoms with Crippen LogP contribution in [0.4, 0.5) is 0 Å². The van der Waals surface area contributed by atoms with Crippen LogP contribution in [0.2, 0.25) is 5.02 Å². The van der Waals surface area contributed by atoms with Crippen molar-refractivity contribution in [1.82, 2.24) is 19.3 Å². The smallest absolute Gasteiger partial charge is 0.264 e. The molecule has 2 aromatic carbocycles. The molecule has 0 N–H and O–H groups in total. The summed E-state index contributed by atoms with van der Waals surface area (Å²) in [5, 5.41) is 5.55. The van der Waals surface area contributed by atoms with Gasteiger partial charge in [-0.15, -0.1) is 0 Å². The van der Waals surface area contributed by atoms with E-state index in [0.717, 1.165) is 16.8 Å². The Balaban J connectivity index is 1.81. The van der Waals surface area contributed by atoms with Crippen molar-refractivity contribution in [1.29, 1.82) is 0 Å². The topological polar surface area (TPSA) is 52.7 Å². The Morgan fingerprint density at radius 3 is 2.73 bits per heavy atom. The van der Waals surface area contributed by atoms with Crippen LogP contribution in [-0.4, -0.2) is 19.3 Å². The summed E-state index contributed by atoms with van der Waals surface area (Å²) >= 11 is 6.03. The summed E-state index contributed by atoms with van der Waals surface area (Å²) in [6, 6.07) is 13.5. The number of hydrogen-bond acceptors (Lipinski definition) is 3. The molecule has 6 heteroatoms. The van der Waals surface area contributed by atoms with Crippen LogP contribution in [-0.2, 0) is 6.54 Å². The van der Waals surface area contributed by atoms with Crippen LogP contribution < -0.4 is 5.56 Å². The zero-order chi connectivity index (χ0) is 18.3. The van der Waals surface area contributed by atoms with Gasteiger partial charge in [0.2, 0.25) is 0 Å². The summed E-state index contributed by atoms with van der Waals surface area (Å²) in [6.45, 7) is 4.51. The molecule has 0 bridgehead atoms. The highest BCUT2D eigenvalue weighted by atomic mass is 35.5. The van der Waals surface area contributed by atoms with Crippen molar-refractivity contribution in [3.05, 3.63) is 87.1 Å². The van der Waals surface area contributed by atoms with Gasteiger partial charge in [0.15, 0.2) is 5.65 Å². The van der Waals surface area contributed by atoms with Crippen molar-refractivity contribution in [2.45, 2.75) is 20.4 Å². The lowest BCUT2D eigenvalue weighted by Crippen LogP contribution is -2.21. The first-order chi connectivity index (χ1) is 12.5. The van der Waals surface area contributed by atoms with Crippen molar-refractivity contribution in [3.63, 3.8) is 0 Å². The molecule has 0 atom stereocenters. The second-order valence-corrected chi connectivity index (χ2v) is 6.76. The molecular weight excluding hydrogens is 348 g/mol. The first-order valence-electron chi connectivity index (χ1n) is 8.29. The third kappa shape index (κ3) is 2.80. The Morgan fingerprint density at radius 2 is 1.92 bits per heavy atom. The predicted octanol–water partition coefficient (Wildman–Crippen LogP) is 3.90. The Bertz CT molecular complexity index is 1180. The standard InChI is InChI=1S/C20H17ClN4O/c1-13-5-3-8-18(14(13)2)25-19-17(10-23-25)20(26)24(12-22-19)11-15-6-4-7-16(21)9-15/h3-10,12H,11H2,1-2H3. The lowest BCUT2D eigenvalue weighted by molar-refractivity contribution is 0.745. The molecule has 0 saturated heterocycles. The van der Waals surface area contributed by atoms with Crippen molar-refractivity contribution in [2.24, 2.45) is 0 Å². The summed E-state index contributed by atoms with van der Waals surface area (Å²) in [4.78, 5) is 17.3. The van der Waals surface area contributed by atoms with Crippen molar-refractivity contribution < 1.29 is 0 Å². The Hall–Kier alpha value is -2.92. The molecule has 4 rings (SSSR count). The van der Waals surface area contributed by atoms with Crippen LogP contribution in [0.25, 0.3) is 16.7 Å². The van der Waals surface area contributed by atoms with Gasteiger partial charge >= 0.3 is 0 Å². The molecule has 0 aliphatic heterocycles. The minimum absolute atomic E-state index is 0.119. The van der Waals surface area contributed by atoms with Gasteiger partial charge in [0.25, 0.3) is 5.56 Å². The van der Waals surface area contributed by atoms with Gasteiger partial charge in [0, 0.05) is 5.02 Å². The van der Waals surface area contributed by atoms with Crippen LogP contribution >= 0.6 is 11.6 Å². The highest BCUT2D eigenvalue weighted by Gasteiger charge is 2.13. The van der Waals surface area contributed by atoms with E-state index in [1.807, 2.05) is 43.3 Å². The summed E-state index contributed by atoms with van der Waals surface area (Å²) in [6.07, 6.45) is 3.15.